The molecule has 2 N–H and O–H groups in total. The predicted octanol–water partition coefficient (Wildman–Crippen LogP) is 3.29. The molecule has 22 heavy (non-hydrogen) atoms. The van der Waals surface area contributed by atoms with Crippen molar-refractivity contribution in [1.29, 1.82) is 0 Å². The minimum absolute atomic E-state index is 0.0626. The first kappa shape index (κ1) is 15.2. The number of nitro groups is 1. The van der Waals surface area contributed by atoms with Crippen LogP contribution in [0.2, 0.25) is 0 Å². The van der Waals surface area contributed by atoms with E-state index in [2.05, 4.69) is 5.92 Å². The van der Waals surface area contributed by atoms with E-state index < -0.39 is 4.92 Å². The molecule has 112 valence electrons. The second-order valence-electron chi connectivity index (χ2n) is 4.50. The Morgan fingerprint density at radius 3 is 2.59 bits per heavy atom. The van der Waals surface area contributed by atoms with Crippen LogP contribution in [0.25, 0.3) is 0 Å². The molecule has 0 atom stereocenters. The summed E-state index contributed by atoms with van der Waals surface area (Å²) in [7, 11) is 0. The van der Waals surface area contributed by atoms with Crippen LogP contribution in [0.4, 0.5) is 11.4 Å². The number of nitrogens with two attached hydrogens (primary N) is 1. The van der Waals surface area contributed by atoms with Gasteiger partial charge in [0, 0.05) is 17.8 Å². The maximum absolute atomic E-state index is 11.0. The van der Waals surface area contributed by atoms with E-state index in [1.807, 2.05) is 6.92 Å². The molecule has 0 aliphatic carbocycles. The first-order valence-electron chi connectivity index (χ1n) is 6.40. The van der Waals surface area contributed by atoms with E-state index in [1.54, 1.807) is 18.2 Å². The lowest BCUT2D eigenvalue weighted by Gasteiger charge is -2.10. The van der Waals surface area contributed by atoms with E-state index in [-0.39, 0.29) is 18.0 Å². The van der Waals surface area contributed by atoms with Gasteiger partial charge in [-0.3, -0.25) is 10.1 Å². The highest BCUT2D eigenvalue weighted by atomic mass is 16.6. The summed E-state index contributed by atoms with van der Waals surface area (Å²) >= 11 is 0. The number of nitrogens with zero attached hydrogens (tertiary/aromatic N) is 1. The van der Waals surface area contributed by atoms with Crippen molar-refractivity contribution < 1.29 is 14.4 Å². The van der Waals surface area contributed by atoms with Crippen LogP contribution < -0.4 is 15.2 Å². The third kappa shape index (κ3) is 3.46. The number of hydrogen-bond acceptors (Lipinski definition) is 5. The van der Waals surface area contributed by atoms with Crippen LogP contribution in [0.1, 0.15) is 5.56 Å². The molecule has 0 saturated carbocycles. The first-order chi connectivity index (χ1) is 10.5. The molecule has 6 heteroatoms. The Morgan fingerprint density at radius 1 is 1.27 bits per heavy atom. The van der Waals surface area contributed by atoms with Gasteiger partial charge in [0.2, 0.25) is 5.75 Å². The van der Waals surface area contributed by atoms with E-state index in [4.69, 9.17) is 21.6 Å². The number of nitrogen functional groups attached to an aromatic ring is 1. The van der Waals surface area contributed by atoms with Crippen LogP contribution in [0.5, 0.6) is 17.2 Å². The number of rotatable bonds is 5. The van der Waals surface area contributed by atoms with Crippen molar-refractivity contribution in [3.05, 3.63) is 52.1 Å². The van der Waals surface area contributed by atoms with Gasteiger partial charge in [0.15, 0.2) is 0 Å². The lowest BCUT2D eigenvalue weighted by atomic mass is 10.2. The molecule has 0 radical (unpaired) electrons. The number of terminal acetylenes is 1. The second-order valence-corrected chi connectivity index (χ2v) is 4.50. The first-order valence-corrected chi connectivity index (χ1v) is 6.40. The van der Waals surface area contributed by atoms with Gasteiger partial charge in [-0.05, 0) is 36.8 Å². The van der Waals surface area contributed by atoms with Gasteiger partial charge in [-0.15, -0.1) is 6.42 Å². The van der Waals surface area contributed by atoms with Crippen LogP contribution in [-0.4, -0.2) is 11.5 Å². The minimum atomic E-state index is -0.539. The van der Waals surface area contributed by atoms with Crippen molar-refractivity contribution in [2.24, 2.45) is 0 Å². The maximum atomic E-state index is 11.0. The molecular weight excluding hydrogens is 284 g/mol. The fourth-order valence-electron chi connectivity index (χ4n) is 1.79. The summed E-state index contributed by atoms with van der Waals surface area (Å²) in [6, 6.07) is 9.45. The fraction of sp³-hybridized carbons (Fsp3) is 0.125. The van der Waals surface area contributed by atoms with Crippen molar-refractivity contribution >= 4 is 11.4 Å². The molecule has 2 rings (SSSR count). The average Bonchev–Trinajstić information content (AvgIpc) is 2.49. The Labute approximate surface area is 127 Å². The number of ether oxygens (including phenoxy) is 2. The SMILES string of the molecule is C#CCOc1cc(Oc2ccc(N)c(C)c2)ccc1[N+](=O)[O-]. The van der Waals surface area contributed by atoms with Gasteiger partial charge in [0.05, 0.1) is 4.92 Å². The Balaban J connectivity index is 2.29. The van der Waals surface area contributed by atoms with E-state index in [9.17, 15) is 10.1 Å². The second kappa shape index (κ2) is 6.50. The third-order valence-electron chi connectivity index (χ3n) is 2.92. The highest BCUT2D eigenvalue weighted by Gasteiger charge is 2.16. The van der Waals surface area contributed by atoms with Gasteiger partial charge in [-0.2, -0.15) is 0 Å². The van der Waals surface area contributed by atoms with Crippen molar-refractivity contribution in [1.82, 2.24) is 0 Å². The molecule has 0 heterocycles. The van der Waals surface area contributed by atoms with E-state index in [0.717, 1.165) is 5.56 Å². The quantitative estimate of drug-likeness (QED) is 0.396. The molecule has 2 aromatic rings. The average molecular weight is 298 g/mol. The number of benzene rings is 2. The van der Waals surface area contributed by atoms with E-state index in [1.165, 1.54) is 18.2 Å². The van der Waals surface area contributed by atoms with Crippen molar-refractivity contribution in [2.45, 2.75) is 6.92 Å². The summed E-state index contributed by atoms with van der Waals surface area (Å²) in [5.41, 5.74) is 7.11. The van der Waals surface area contributed by atoms with Crippen molar-refractivity contribution in [2.75, 3.05) is 12.3 Å². The topological polar surface area (TPSA) is 87.6 Å². The molecule has 0 saturated heterocycles. The van der Waals surface area contributed by atoms with Gasteiger partial charge in [0.1, 0.15) is 18.1 Å². The summed E-state index contributed by atoms with van der Waals surface area (Å²) < 4.78 is 10.9. The highest BCUT2D eigenvalue weighted by Crippen LogP contribution is 2.33. The Kier molecular flexibility index (Phi) is 4.49. The van der Waals surface area contributed by atoms with Gasteiger partial charge in [-0.25, -0.2) is 0 Å². The third-order valence-corrected chi connectivity index (χ3v) is 2.92. The minimum Gasteiger partial charge on any atom is -0.474 e. The zero-order chi connectivity index (χ0) is 16.1. The lowest BCUT2D eigenvalue weighted by molar-refractivity contribution is -0.385. The maximum Gasteiger partial charge on any atom is 0.311 e. The number of nitro benzene ring substituents is 1. The van der Waals surface area contributed by atoms with E-state index in [0.29, 0.717) is 17.2 Å². The zero-order valence-electron chi connectivity index (χ0n) is 11.9. The number of aryl methyl sites for hydroxylation is 1. The predicted molar refractivity (Wildman–Crippen MR) is 83.1 cm³/mol. The molecule has 0 fully saturated rings. The number of anilines is 1. The normalized spacial score (nSPS) is 9.82. The molecule has 0 unspecified atom stereocenters. The fourth-order valence-corrected chi connectivity index (χ4v) is 1.79. The van der Waals surface area contributed by atoms with Gasteiger partial charge in [0.25, 0.3) is 0 Å². The smallest absolute Gasteiger partial charge is 0.311 e. The largest absolute Gasteiger partial charge is 0.474 e. The van der Waals surface area contributed by atoms with E-state index >= 15 is 0 Å². The van der Waals surface area contributed by atoms with Crippen LogP contribution in [0, 0.1) is 29.4 Å². The Hall–Kier alpha value is -3.20. The summed E-state index contributed by atoms with van der Waals surface area (Å²) in [5, 5.41) is 11.0. The summed E-state index contributed by atoms with van der Waals surface area (Å²) in [6.07, 6.45) is 5.11. The summed E-state index contributed by atoms with van der Waals surface area (Å²) in [5.74, 6) is 3.31. The molecule has 0 amide bonds. The Morgan fingerprint density at radius 2 is 1.95 bits per heavy atom. The number of hydrogen-bond donors (Lipinski definition) is 1. The molecule has 0 aliphatic heterocycles. The molecule has 0 aromatic heterocycles. The summed E-state index contributed by atoms with van der Waals surface area (Å²) in [6.45, 7) is 1.80. The molecule has 0 aliphatic rings. The van der Waals surface area contributed by atoms with Crippen molar-refractivity contribution in [3.8, 4) is 29.6 Å². The zero-order valence-corrected chi connectivity index (χ0v) is 11.9. The lowest BCUT2D eigenvalue weighted by Crippen LogP contribution is -1.99. The standard InChI is InChI=1S/C16H14N2O4/c1-3-8-21-16-10-13(5-7-15(16)18(19)20)22-12-4-6-14(17)11(2)9-12/h1,4-7,9-10H,8,17H2,2H3. The van der Waals surface area contributed by atoms with Gasteiger partial charge < -0.3 is 15.2 Å². The highest BCUT2D eigenvalue weighted by molar-refractivity contribution is 5.53. The summed E-state index contributed by atoms with van der Waals surface area (Å²) in [4.78, 5) is 10.4. The molecular formula is C16H14N2O4. The van der Waals surface area contributed by atoms with Crippen LogP contribution in [0.3, 0.4) is 0 Å². The molecule has 0 spiro atoms. The Bertz CT molecular complexity index is 750. The van der Waals surface area contributed by atoms with Crippen molar-refractivity contribution in [3.63, 3.8) is 0 Å². The van der Waals surface area contributed by atoms with Crippen LogP contribution >= 0.6 is 0 Å². The van der Waals surface area contributed by atoms with Crippen LogP contribution in [0.15, 0.2) is 36.4 Å². The van der Waals surface area contributed by atoms with Gasteiger partial charge >= 0.3 is 5.69 Å². The monoisotopic (exact) mass is 298 g/mol. The van der Waals surface area contributed by atoms with Gasteiger partial charge in [-0.1, -0.05) is 5.92 Å². The molecule has 0 bridgehead atoms. The van der Waals surface area contributed by atoms with Crippen LogP contribution in [-0.2, 0) is 0 Å². The molecule has 2 aromatic carbocycles. The molecule has 6 nitrogen and oxygen atoms in total.